The Hall–Kier alpha value is -1.62. The van der Waals surface area contributed by atoms with Crippen molar-refractivity contribution in [2.75, 3.05) is 20.2 Å². The number of carbonyl (C=O) groups excluding carboxylic acids is 1. The first-order chi connectivity index (χ1) is 11.2. The summed E-state index contributed by atoms with van der Waals surface area (Å²) in [4.78, 5) is 21.5. The molecule has 0 radical (unpaired) electrons. The van der Waals surface area contributed by atoms with Crippen LogP contribution in [0.3, 0.4) is 0 Å². The molecule has 0 aromatic carbocycles. The summed E-state index contributed by atoms with van der Waals surface area (Å²) in [6.07, 6.45) is 7.14. The van der Waals surface area contributed by atoms with Crippen LogP contribution in [0.2, 0.25) is 0 Å². The summed E-state index contributed by atoms with van der Waals surface area (Å²) in [5.41, 5.74) is 1.06. The first-order valence-corrected chi connectivity index (χ1v) is 8.77. The average molecular weight is 315 g/mol. The molecular weight excluding hydrogens is 290 g/mol. The van der Waals surface area contributed by atoms with Gasteiger partial charge in [-0.1, -0.05) is 0 Å². The number of likely N-dealkylation sites (tertiary alicyclic amines) is 2. The first kappa shape index (κ1) is 14.9. The Kier molecular flexibility index (Phi) is 3.97. The predicted molar refractivity (Wildman–Crippen MR) is 87.1 cm³/mol. The van der Waals surface area contributed by atoms with Gasteiger partial charge in [0.05, 0.1) is 12.8 Å². The van der Waals surface area contributed by atoms with Gasteiger partial charge in [0.2, 0.25) is 5.91 Å². The third-order valence-electron chi connectivity index (χ3n) is 5.50. The summed E-state index contributed by atoms with van der Waals surface area (Å²) in [6.45, 7) is 3.01. The largest absolute Gasteiger partial charge is 0.497 e. The van der Waals surface area contributed by atoms with E-state index in [-0.39, 0.29) is 0 Å². The van der Waals surface area contributed by atoms with Crippen LogP contribution >= 0.6 is 0 Å². The van der Waals surface area contributed by atoms with Crippen LogP contribution in [-0.2, 0) is 11.3 Å². The number of hydrogen-bond acceptors (Lipinski definition) is 4. The number of carbonyl (C=O) groups is 1. The zero-order valence-electron chi connectivity index (χ0n) is 13.8. The van der Waals surface area contributed by atoms with E-state index in [2.05, 4.69) is 14.8 Å². The Morgan fingerprint density at radius 2 is 2.17 bits per heavy atom. The monoisotopic (exact) mass is 315 g/mol. The molecule has 0 N–H and O–H groups in total. The Bertz CT molecular complexity index is 587. The van der Waals surface area contributed by atoms with Gasteiger partial charge in [-0.2, -0.15) is 0 Å². The van der Waals surface area contributed by atoms with Crippen molar-refractivity contribution in [2.24, 2.45) is 5.92 Å². The standard InChI is InChI=1S/C18H25N3O2/c1-23-16-6-8-19-14(10-16)12-20-9-7-17-13(11-20)2-5-18(22)21(17)15-3-4-15/h6,8,10,13,15,17H,2-5,7,9,11-12H2,1H3/t13-,17+/m0/s1. The van der Waals surface area contributed by atoms with E-state index >= 15 is 0 Å². The molecule has 2 aliphatic heterocycles. The molecule has 0 unspecified atom stereocenters. The van der Waals surface area contributed by atoms with Gasteiger partial charge in [-0.25, -0.2) is 0 Å². The molecule has 2 saturated heterocycles. The third kappa shape index (κ3) is 3.07. The topological polar surface area (TPSA) is 45.7 Å². The van der Waals surface area contributed by atoms with E-state index < -0.39 is 0 Å². The van der Waals surface area contributed by atoms with Crippen LogP contribution in [0.1, 0.15) is 37.8 Å². The lowest BCUT2D eigenvalue weighted by Gasteiger charge is -2.47. The fourth-order valence-electron chi connectivity index (χ4n) is 4.24. The molecule has 2 atom stereocenters. The Balaban J connectivity index is 1.41. The number of nitrogens with zero attached hydrogens (tertiary/aromatic N) is 3. The normalized spacial score (nSPS) is 28.6. The smallest absolute Gasteiger partial charge is 0.223 e. The number of pyridine rings is 1. The highest BCUT2D eigenvalue weighted by Crippen LogP contribution is 2.39. The fraction of sp³-hybridized carbons (Fsp3) is 0.667. The highest BCUT2D eigenvalue weighted by Gasteiger charge is 2.45. The minimum atomic E-state index is 0.400. The summed E-state index contributed by atoms with van der Waals surface area (Å²) in [5, 5.41) is 0. The average Bonchev–Trinajstić information content (AvgIpc) is 3.40. The third-order valence-corrected chi connectivity index (χ3v) is 5.50. The fourth-order valence-corrected chi connectivity index (χ4v) is 4.24. The number of hydrogen-bond donors (Lipinski definition) is 0. The van der Waals surface area contributed by atoms with E-state index in [0.29, 0.717) is 23.9 Å². The van der Waals surface area contributed by atoms with Crippen molar-refractivity contribution in [3.63, 3.8) is 0 Å². The molecule has 1 aromatic rings. The molecule has 3 aliphatic rings. The van der Waals surface area contributed by atoms with E-state index in [1.807, 2.05) is 18.3 Å². The maximum atomic E-state index is 12.3. The zero-order chi connectivity index (χ0) is 15.8. The Labute approximate surface area is 137 Å². The van der Waals surface area contributed by atoms with Crippen molar-refractivity contribution in [3.05, 3.63) is 24.0 Å². The predicted octanol–water partition coefficient (Wildman–Crippen LogP) is 2.07. The Morgan fingerprint density at radius 1 is 1.30 bits per heavy atom. The van der Waals surface area contributed by atoms with Crippen LogP contribution in [0, 0.1) is 5.92 Å². The van der Waals surface area contributed by atoms with Crippen LogP contribution in [0.5, 0.6) is 5.75 Å². The van der Waals surface area contributed by atoms with Gasteiger partial charge >= 0.3 is 0 Å². The van der Waals surface area contributed by atoms with Gasteiger partial charge in [0.25, 0.3) is 0 Å². The van der Waals surface area contributed by atoms with Gasteiger partial charge < -0.3 is 9.64 Å². The summed E-state index contributed by atoms with van der Waals surface area (Å²) in [6, 6.07) is 4.95. The van der Waals surface area contributed by atoms with Crippen molar-refractivity contribution in [1.29, 1.82) is 0 Å². The number of fused-ring (bicyclic) bond motifs is 1. The molecule has 0 bridgehead atoms. The van der Waals surface area contributed by atoms with Gasteiger partial charge in [0, 0.05) is 50.4 Å². The second-order valence-corrected chi connectivity index (χ2v) is 7.11. The lowest BCUT2D eigenvalue weighted by Crippen LogP contribution is -2.56. The summed E-state index contributed by atoms with van der Waals surface area (Å²) in [5.74, 6) is 1.90. The van der Waals surface area contributed by atoms with E-state index in [1.165, 1.54) is 12.8 Å². The molecule has 124 valence electrons. The minimum absolute atomic E-state index is 0.400. The molecule has 3 heterocycles. The highest BCUT2D eigenvalue weighted by molar-refractivity contribution is 5.78. The summed E-state index contributed by atoms with van der Waals surface area (Å²) >= 11 is 0. The summed E-state index contributed by atoms with van der Waals surface area (Å²) in [7, 11) is 1.69. The molecule has 0 spiro atoms. The molecule has 4 rings (SSSR count). The molecule has 23 heavy (non-hydrogen) atoms. The molecule has 1 aliphatic carbocycles. The first-order valence-electron chi connectivity index (χ1n) is 8.77. The SMILES string of the molecule is COc1ccnc(CN2CC[C@@H]3[C@@H](CCC(=O)N3C3CC3)C2)c1. The number of piperidine rings is 2. The summed E-state index contributed by atoms with van der Waals surface area (Å²) < 4.78 is 5.29. The van der Waals surface area contributed by atoms with Crippen molar-refractivity contribution >= 4 is 5.91 Å². The number of ether oxygens (including phenoxy) is 1. The molecule has 1 saturated carbocycles. The molecular formula is C18H25N3O2. The second-order valence-electron chi connectivity index (χ2n) is 7.11. The van der Waals surface area contributed by atoms with Crippen LogP contribution in [-0.4, -0.2) is 53.0 Å². The molecule has 5 heteroatoms. The van der Waals surface area contributed by atoms with Gasteiger partial charge in [0.1, 0.15) is 5.75 Å². The van der Waals surface area contributed by atoms with Gasteiger partial charge in [-0.05, 0) is 37.7 Å². The van der Waals surface area contributed by atoms with Gasteiger partial charge in [-0.3, -0.25) is 14.7 Å². The maximum Gasteiger partial charge on any atom is 0.223 e. The minimum Gasteiger partial charge on any atom is -0.497 e. The van der Waals surface area contributed by atoms with E-state index in [0.717, 1.165) is 50.3 Å². The van der Waals surface area contributed by atoms with Crippen molar-refractivity contribution in [2.45, 2.75) is 50.7 Å². The van der Waals surface area contributed by atoms with Crippen LogP contribution < -0.4 is 4.74 Å². The molecule has 5 nitrogen and oxygen atoms in total. The maximum absolute atomic E-state index is 12.3. The Morgan fingerprint density at radius 3 is 2.96 bits per heavy atom. The molecule has 3 fully saturated rings. The van der Waals surface area contributed by atoms with Crippen LogP contribution in [0.25, 0.3) is 0 Å². The van der Waals surface area contributed by atoms with E-state index in [9.17, 15) is 4.79 Å². The number of rotatable bonds is 4. The lowest BCUT2D eigenvalue weighted by atomic mass is 9.83. The molecule has 1 amide bonds. The van der Waals surface area contributed by atoms with Crippen molar-refractivity contribution in [3.8, 4) is 5.75 Å². The molecule has 1 aromatic heterocycles. The van der Waals surface area contributed by atoms with Crippen LogP contribution in [0.15, 0.2) is 18.3 Å². The van der Waals surface area contributed by atoms with Gasteiger partial charge in [-0.15, -0.1) is 0 Å². The number of amides is 1. The van der Waals surface area contributed by atoms with Crippen molar-refractivity contribution in [1.82, 2.24) is 14.8 Å². The number of aromatic nitrogens is 1. The van der Waals surface area contributed by atoms with Crippen molar-refractivity contribution < 1.29 is 9.53 Å². The highest BCUT2D eigenvalue weighted by atomic mass is 16.5. The zero-order valence-corrected chi connectivity index (χ0v) is 13.8. The van der Waals surface area contributed by atoms with Gasteiger partial charge in [0.15, 0.2) is 0 Å². The lowest BCUT2D eigenvalue weighted by molar-refractivity contribution is -0.142. The second kappa shape index (κ2) is 6.11. The van der Waals surface area contributed by atoms with Crippen LogP contribution in [0.4, 0.5) is 0 Å². The van der Waals surface area contributed by atoms with E-state index in [1.54, 1.807) is 7.11 Å². The number of methoxy groups -OCH3 is 1. The quantitative estimate of drug-likeness (QED) is 0.853. The van der Waals surface area contributed by atoms with E-state index in [4.69, 9.17) is 4.74 Å².